The van der Waals surface area contributed by atoms with E-state index in [0.717, 1.165) is 6.29 Å². The first-order chi connectivity index (χ1) is 9.10. The molecule has 6 nitrogen and oxygen atoms in total. The third kappa shape index (κ3) is 3.09. The van der Waals surface area contributed by atoms with Crippen molar-refractivity contribution in [2.45, 2.75) is 13.0 Å². The molecule has 100 valence electrons. The molecule has 6 heteroatoms. The minimum absolute atomic E-state index is 0.162. The molecule has 1 heterocycles. The van der Waals surface area contributed by atoms with Gasteiger partial charge >= 0.3 is 6.09 Å². The normalized spacial score (nSPS) is 18.1. The fraction of sp³-hybridized carbons (Fsp3) is 0.308. The van der Waals surface area contributed by atoms with E-state index in [-0.39, 0.29) is 12.0 Å². The Kier molecular flexibility index (Phi) is 3.79. The monoisotopic (exact) mass is 262 g/mol. The first-order valence-corrected chi connectivity index (χ1v) is 5.88. The lowest BCUT2D eigenvalue weighted by atomic mass is 10.2. The molecule has 0 aliphatic carbocycles. The molecule has 1 aliphatic rings. The summed E-state index contributed by atoms with van der Waals surface area (Å²) < 4.78 is 5.14. The number of benzene rings is 1. The first-order valence-electron chi connectivity index (χ1n) is 5.88. The number of anilines is 1. The molecular weight excluding hydrogens is 248 g/mol. The van der Waals surface area contributed by atoms with Gasteiger partial charge in [0.2, 0.25) is 5.91 Å². The molecule has 1 aliphatic heterocycles. The van der Waals surface area contributed by atoms with Crippen LogP contribution in [0.25, 0.3) is 0 Å². The van der Waals surface area contributed by atoms with Crippen LogP contribution in [0.3, 0.4) is 0 Å². The van der Waals surface area contributed by atoms with E-state index >= 15 is 0 Å². The van der Waals surface area contributed by atoms with Crippen LogP contribution in [0, 0.1) is 0 Å². The van der Waals surface area contributed by atoms with E-state index in [9.17, 15) is 14.4 Å². The van der Waals surface area contributed by atoms with Gasteiger partial charge in [0.1, 0.15) is 12.4 Å². The van der Waals surface area contributed by atoms with E-state index < -0.39 is 6.09 Å². The van der Waals surface area contributed by atoms with Gasteiger partial charge in [0, 0.05) is 18.2 Å². The maximum absolute atomic E-state index is 11.7. The zero-order valence-corrected chi connectivity index (χ0v) is 10.5. The summed E-state index contributed by atoms with van der Waals surface area (Å²) in [5, 5.41) is 2.61. The quantitative estimate of drug-likeness (QED) is 0.820. The summed E-state index contributed by atoms with van der Waals surface area (Å²) in [5.74, 6) is -0.162. The first kappa shape index (κ1) is 13.1. The number of carbonyl (C=O) groups is 3. The second-order valence-corrected chi connectivity index (χ2v) is 4.26. The molecule has 1 saturated heterocycles. The van der Waals surface area contributed by atoms with Crippen molar-refractivity contribution in [3.8, 4) is 0 Å². The predicted octanol–water partition coefficient (Wildman–Crippen LogP) is 0.960. The lowest BCUT2D eigenvalue weighted by molar-refractivity contribution is -0.119. The number of amides is 2. The third-order valence-corrected chi connectivity index (χ3v) is 2.79. The molecule has 0 radical (unpaired) electrons. The molecule has 1 unspecified atom stereocenters. The van der Waals surface area contributed by atoms with Gasteiger partial charge in [-0.3, -0.25) is 14.5 Å². The number of hydrogen-bond acceptors (Lipinski definition) is 4. The highest BCUT2D eigenvalue weighted by Gasteiger charge is 2.32. The van der Waals surface area contributed by atoms with Gasteiger partial charge in [0.15, 0.2) is 0 Å². The zero-order chi connectivity index (χ0) is 13.8. The fourth-order valence-electron chi connectivity index (χ4n) is 1.83. The van der Waals surface area contributed by atoms with Gasteiger partial charge in [-0.15, -0.1) is 0 Å². The molecule has 0 aromatic heterocycles. The second-order valence-electron chi connectivity index (χ2n) is 4.26. The molecule has 1 N–H and O–H groups in total. The van der Waals surface area contributed by atoms with Crippen molar-refractivity contribution in [3.63, 3.8) is 0 Å². The number of hydrogen-bond donors (Lipinski definition) is 1. The van der Waals surface area contributed by atoms with Crippen LogP contribution in [-0.4, -0.2) is 37.5 Å². The summed E-state index contributed by atoms with van der Waals surface area (Å²) in [6.45, 7) is 2.08. The number of aldehydes is 1. The van der Waals surface area contributed by atoms with Crippen molar-refractivity contribution in [1.29, 1.82) is 0 Å². The number of cyclic esters (lactones) is 1. The van der Waals surface area contributed by atoms with Crippen LogP contribution in [0.4, 0.5) is 10.5 Å². The third-order valence-electron chi connectivity index (χ3n) is 2.79. The summed E-state index contributed by atoms with van der Waals surface area (Å²) >= 11 is 0. The van der Waals surface area contributed by atoms with Crippen molar-refractivity contribution in [3.05, 3.63) is 29.8 Å². The van der Waals surface area contributed by atoms with Crippen LogP contribution in [-0.2, 0) is 9.53 Å². The maximum Gasteiger partial charge on any atom is 0.414 e. The predicted molar refractivity (Wildman–Crippen MR) is 68.1 cm³/mol. The van der Waals surface area contributed by atoms with Gasteiger partial charge in [-0.2, -0.15) is 0 Å². The van der Waals surface area contributed by atoms with Gasteiger partial charge in [-0.25, -0.2) is 4.79 Å². The van der Waals surface area contributed by atoms with Crippen molar-refractivity contribution >= 4 is 24.0 Å². The lowest BCUT2D eigenvalue weighted by Crippen LogP contribution is -2.33. The molecule has 1 aromatic rings. The van der Waals surface area contributed by atoms with Crippen LogP contribution in [0.5, 0.6) is 0 Å². The Bertz CT molecular complexity index is 498. The number of nitrogens with one attached hydrogen (secondary N) is 1. The molecule has 0 spiro atoms. The van der Waals surface area contributed by atoms with E-state index in [1.807, 2.05) is 0 Å². The molecule has 0 bridgehead atoms. The highest BCUT2D eigenvalue weighted by Crippen LogP contribution is 2.21. The van der Waals surface area contributed by atoms with Gasteiger partial charge in [0.05, 0.1) is 13.1 Å². The van der Waals surface area contributed by atoms with Gasteiger partial charge in [0.25, 0.3) is 0 Å². The molecule has 1 aromatic carbocycles. The minimum Gasteiger partial charge on any atom is -0.442 e. The van der Waals surface area contributed by atoms with E-state index in [4.69, 9.17) is 4.74 Å². The number of rotatable bonds is 4. The largest absolute Gasteiger partial charge is 0.442 e. The molecule has 1 fully saturated rings. The number of nitrogens with zero attached hydrogens (tertiary/aromatic N) is 1. The zero-order valence-electron chi connectivity index (χ0n) is 10.5. The molecular formula is C13H14N2O4. The van der Waals surface area contributed by atoms with Crippen LogP contribution >= 0.6 is 0 Å². The van der Waals surface area contributed by atoms with Crippen LogP contribution in [0.1, 0.15) is 17.3 Å². The Labute approximate surface area is 110 Å². The summed E-state index contributed by atoms with van der Waals surface area (Å²) in [7, 11) is 0. The smallest absolute Gasteiger partial charge is 0.414 e. The summed E-state index contributed by atoms with van der Waals surface area (Å²) in [6.07, 6.45) is -0.0672. The summed E-state index contributed by atoms with van der Waals surface area (Å²) in [6, 6.07) is 6.64. The minimum atomic E-state index is -0.450. The average Bonchev–Trinajstić information content (AvgIpc) is 2.78. The van der Waals surface area contributed by atoms with E-state index in [2.05, 4.69) is 5.32 Å². The van der Waals surface area contributed by atoms with Crippen LogP contribution in [0.2, 0.25) is 0 Å². The van der Waals surface area contributed by atoms with Crippen molar-refractivity contribution in [1.82, 2.24) is 5.32 Å². The SMILES string of the molecule is CC(=O)NCC1CN(c2ccc(C=O)cc2)C(=O)O1. The van der Waals surface area contributed by atoms with Gasteiger partial charge in [-0.1, -0.05) is 0 Å². The van der Waals surface area contributed by atoms with E-state index in [1.54, 1.807) is 24.3 Å². The summed E-state index contributed by atoms with van der Waals surface area (Å²) in [5.41, 5.74) is 1.21. The summed E-state index contributed by atoms with van der Waals surface area (Å²) in [4.78, 5) is 34.5. The average molecular weight is 262 g/mol. The Morgan fingerprint density at radius 3 is 2.74 bits per heavy atom. The fourth-order valence-corrected chi connectivity index (χ4v) is 1.83. The Balaban J connectivity index is 2.02. The van der Waals surface area contributed by atoms with Gasteiger partial charge < -0.3 is 10.1 Å². The van der Waals surface area contributed by atoms with Crippen molar-refractivity contribution in [2.24, 2.45) is 0 Å². The maximum atomic E-state index is 11.7. The second kappa shape index (κ2) is 5.51. The Morgan fingerprint density at radius 1 is 1.47 bits per heavy atom. The van der Waals surface area contributed by atoms with Crippen molar-refractivity contribution in [2.75, 3.05) is 18.0 Å². The van der Waals surface area contributed by atoms with Crippen LogP contribution in [0.15, 0.2) is 24.3 Å². The number of ether oxygens (including phenoxy) is 1. The molecule has 0 saturated carbocycles. The number of carbonyl (C=O) groups excluding carboxylic acids is 3. The van der Waals surface area contributed by atoms with Crippen molar-refractivity contribution < 1.29 is 19.1 Å². The Morgan fingerprint density at radius 2 is 2.16 bits per heavy atom. The molecule has 2 amide bonds. The highest BCUT2D eigenvalue weighted by atomic mass is 16.6. The molecule has 2 rings (SSSR count). The van der Waals surface area contributed by atoms with Gasteiger partial charge in [-0.05, 0) is 24.3 Å². The molecule has 1 atom stereocenters. The highest BCUT2D eigenvalue weighted by molar-refractivity contribution is 5.90. The Hall–Kier alpha value is -2.37. The lowest BCUT2D eigenvalue weighted by Gasteiger charge is -2.12. The van der Waals surface area contributed by atoms with E-state index in [1.165, 1.54) is 11.8 Å². The topological polar surface area (TPSA) is 75.7 Å². The van der Waals surface area contributed by atoms with E-state index in [0.29, 0.717) is 24.3 Å². The standard InChI is InChI=1S/C13H14N2O4/c1-9(17)14-6-12-7-15(13(18)19-12)11-4-2-10(8-16)3-5-11/h2-5,8,12H,6-7H2,1H3,(H,14,17). The molecule has 19 heavy (non-hydrogen) atoms. The van der Waals surface area contributed by atoms with Crippen LogP contribution < -0.4 is 10.2 Å².